The van der Waals surface area contributed by atoms with E-state index in [1.165, 1.54) is 6.07 Å². The molecule has 80 valence electrons. The van der Waals surface area contributed by atoms with Gasteiger partial charge in [-0.2, -0.15) is 13.2 Å². The van der Waals surface area contributed by atoms with E-state index in [0.717, 1.165) is 16.2 Å². The molecule has 1 heterocycles. The summed E-state index contributed by atoms with van der Waals surface area (Å²) >= 11 is 1.13. The van der Waals surface area contributed by atoms with Gasteiger partial charge in [0.1, 0.15) is 0 Å². The van der Waals surface area contributed by atoms with Gasteiger partial charge in [-0.15, -0.1) is 11.3 Å². The highest BCUT2D eigenvalue weighted by Crippen LogP contribution is 2.29. The average Bonchev–Trinajstić information content (AvgIpc) is 2.47. The van der Waals surface area contributed by atoms with Crippen molar-refractivity contribution in [2.75, 3.05) is 6.61 Å². The minimum Gasteiger partial charge on any atom is -0.475 e. The van der Waals surface area contributed by atoms with Gasteiger partial charge in [-0.3, -0.25) is 0 Å². The molecule has 1 rings (SSSR count). The minimum absolute atomic E-state index is 0.178. The van der Waals surface area contributed by atoms with Gasteiger partial charge in [-0.1, -0.05) is 0 Å². The molecule has 0 amide bonds. The molecule has 0 bridgehead atoms. The van der Waals surface area contributed by atoms with E-state index < -0.39 is 12.8 Å². The lowest BCUT2D eigenvalue weighted by molar-refractivity contribution is -0.152. The Bertz CT molecular complexity index is 295. The van der Waals surface area contributed by atoms with E-state index in [2.05, 4.69) is 4.74 Å². The SMILES string of the molecule is CC(N)c1ccc(OCC(F)(F)F)s1. The van der Waals surface area contributed by atoms with Crippen LogP contribution < -0.4 is 10.5 Å². The Morgan fingerprint density at radius 3 is 2.57 bits per heavy atom. The maximum atomic E-state index is 11.8. The van der Waals surface area contributed by atoms with E-state index in [1.807, 2.05) is 0 Å². The fraction of sp³-hybridized carbons (Fsp3) is 0.500. The molecule has 0 radical (unpaired) electrons. The van der Waals surface area contributed by atoms with Crippen molar-refractivity contribution in [1.29, 1.82) is 0 Å². The number of rotatable bonds is 3. The molecule has 0 aliphatic rings. The van der Waals surface area contributed by atoms with Gasteiger partial charge in [0.2, 0.25) is 0 Å². The molecule has 0 fully saturated rings. The molecule has 0 saturated carbocycles. The Kier molecular flexibility index (Phi) is 3.38. The van der Waals surface area contributed by atoms with Gasteiger partial charge in [0.05, 0.1) is 0 Å². The zero-order valence-electron chi connectivity index (χ0n) is 7.47. The lowest BCUT2D eigenvalue weighted by atomic mass is 10.3. The molecule has 1 unspecified atom stereocenters. The van der Waals surface area contributed by atoms with Crippen LogP contribution in [0.4, 0.5) is 13.2 Å². The molecule has 1 aromatic rings. The quantitative estimate of drug-likeness (QED) is 0.858. The first-order chi connectivity index (χ1) is 6.38. The van der Waals surface area contributed by atoms with Gasteiger partial charge in [-0.05, 0) is 19.1 Å². The fourth-order valence-electron chi connectivity index (χ4n) is 0.810. The summed E-state index contributed by atoms with van der Waals surface area (Å²) in [5.41, 5.74) is 5.54. The number of halogens is 3. The van der Waals surface area contributed by atoms with Crippen molar-refractivity contribution >= 4 is 11.3 Å². The van der Waals surface area contributed by atoms with Crippen LogP contribution in [0.25, 0.3) is 0 Å². The van der Waals surface area contributed by atoms with Gasteiger partial charge in [0, 0.05) is 10.9 Å². The highest BCUT2D eigenvalue weighted by Gasteiger charge is 2.28. The Balaban J connectivity index is 2.52. The highest BCUT2D eigenvalue weighted by molar-refractivity contribution is 7.13. The lowest BCUT2D eigenvalue weighted by Gasteiger charge is -2.06. The molecular formula is C8H10F3NOS. The van der Waals surface area contributed by atoms with Gasteiger partial charge in [0.25, 0.3) is 0 Å². The molecule has 1 aromatic heterocycles. The van der Waals surface area contributed by atoms with Crippen molar-refractivity contribution in [3.8, 4) is 5.06 Å². The van der Waals surface area contributed by atoms with Crippen LogP contribution in [-0.2, 0) is 0 Å². The first-order valence-corrected chi connectivity index (χ1v) is 4.75. The summed E-state index contributed by atoms with van der Waals surface area (Å²) in [7, 11) is 0. The van der Waals surface area contributed by atoms with E-state index in [-0.39, 0.29) is 11.1 Å². The largest absolute Gasteiger partial charge is 0.475 e. The van der Waals surface area contributed by atoms with Crippen molar-refractivity contribution in [3.05, 3.63) is 17.0 Å². The third-order valence-electron chi connectivity index (χ3n) is 1.43. The predicted octanol–water partition coefficient (Wildman–Crippen LogP) is 2.71. The fourth-order valence-corrected chi connectivity index (χ4v) is 1.62. The van der Waals surface area contributed by atoms with Crippen molar-refractivity contribution < 1.29 is 17.9 Å². The molecule has 0 aromatic carbocycles. The topological polar surface area (TPSA) is 35.2 Å². The molecule has 6 heteroatoms. The summed E-state index contributed by atoms with van der Waals surface area (Å²) in [6, 6.07) is 2.99. The maximum Gasteiger partial charge on any atom is 0.422 e. The number of hydrogen-bond donors (Lipinski definition) is 1. The Hall–Kier alpha value is -0.750. The van der Waals surface area contributed by atoms with E-state index in [9.17, 15) is 13.2 Å². The molecule has 0 aliphatic carbocycles. The molecule has 2 N–H and O–H groups in total. The van der Waals surface area contributed by atoms with Gasteiger partial charge < -0.3 is 10.5 Å². The highest BCUT2D eigenvalue weighted by atomic mass is 32.1. The van der Waals surface area contributed by atoms with Crippen LogP contribution in [0.15, 0.2) is 12.1 Å². The summed E-state index contributed by atoms with van der Waals surface area (Å²) in [5.74, 6) is 0. The standard InChI is InChI=1S/C8H10F3NOS/c1-5(12)6-2-3-7(14-6)13-4-8(9,10)11/h2-3,5H,4,12H2,1H3. The van der Waals surface area contributed by atoms with Crippen molar-refractivity contribution in [1.82, 2.24) is 0 Å². The zero-order valence-corrected chi connectivity index (χ0v) is 8.28. The monoisotopic (exact) mass is 225 g/mol. The van der Waals surface area contributed by atoms with Crippen molar-refractivity contribution in [3.63, 3.8) is 0 Å². The normalized spacial score (nSPS) is 14.1. The van der Waals surface area contributed by atoms with Crippen molar-refractivity contribution in [2.24, 2.45) is 5.73 Å². The first kappa shape index (κ1) is 11.3. The second kappa shape index (κ2) is 4.18. The number of thiophene rings is 1. The van der Waals surface area contributed by atoms with Crippen LogP contribution in [0, 0.1) is 0 Å². The Labute approximate surface area is 83.5 Å². The second-order valence-corrected chi connectivity index (χ2v) is 3.93. The first-order valence-electron chi connectivity index (χ1n) is 3.93. The maximum absolute atomic E-state index is 11.8. The van der Waals surface area contributed by atoms with Crippen LogP contribution in [0.3, 0.4) is 0 Å². The summed E-state index contributed by atoms with van der Waals surface area (Å²) in [6.45, 7) is 0.505. The van der Waals surface area contributed by atoms with Crippen LogP contribution in [0.1, 0.15) is 17.8 Å². The predicted molar refractivity (Wildman–Crippen MR) is 48.5 cm³/mol. The minimum atomic E-state index is -4.29. The van der Waals surface area contributed by atoms with Gasteiger partial charge in [0.15, 0.2) is 11.7 Å². The molecule has 0 spiro atoms. The Morgan fingerprint density at radius 2 is 2.14 bits per heavy atom. The molecule has 0 saturated heterocycles. The molecular weight excluding hydrogens is 215 g/mol. The zero-order chi connectivity index (χ0) is 10.8. The van der Waals surface area contributed by atoms with Crippen LogP contribution in [-0.4, -0.2) is 12.8 Å². The molecule has 2 nitrogen and oxygen atoms in total. The molecule has 14 heavy (non-hydrogen) atoms. The van der Waals surface area contributed by atoms with Crippen LogP contribution in [0.2, 0.25) is 0 Å². The summed E-state index contributed by atoms with van der Waals surface area (Å²) < 4.78 is 39.8. The lowest BCUT2D eigenvalue weighted by Crippen LogP contribution is -2.18. The average molecular weight is 225 g/mol. The third-order valence-corrected chi connectivity index (χ3v) is 2.63. The number of ether oxygens (including phenoxy) is 1. The summed E-state index contributed by atoms with van der Waals surface area (Å²) in [6.07, 6.45) is -4.29. The smallest absolute Gasteiger partial charge is 0.422 e. The molecule has 1 atom stereocenters. The second-order valence-electron chi connectivity index (χ2n) is 2.85. The van der Waals surface area contributed by atoms with E-state index in [0.29, 0.717) is 0 Å². The van der Waals surface area contributed by atoms with E-state index in [1.54, 1.807) is 13.0 Å². The van der Waals surface area contributed by atoms with Crippen LogP contribution >= 0.6 is 11.3 Å². The number of nitrogens with two attached hydrogens (primary N) is 1. The van der Waals surface area contributed by atoms with E-state index in [4.69, 9.17) is 5.73 Å². The van der Waals surface area contributed by atoms with Crippen LogP contribution in [0.5, 0.6) is 5.06 Å². The van der Waals surface area contributed by atoms with E-state index >= 15 is 0 Å². The Morgan fingerprint density at radius 1 is 1.50 bits per heavy atom. The van der Waals surface area contributed by atoms with Crippen molar-refractivity contribution in [2.45, 2.75) is 19.1 Å². The number of alkyl halides is 3. The summed E-state index contributed by atoms with van der Waals surface area (Å²) in [5, 5.41) is 0.245. The molecule has 0 aliphatic heterocycles. The number of hydrogen-bond acceptors (Lipinski definition) is 3. The third kappa shape index (κ3) is 3.55. The summed E-state index contributed by atoms with van der Waals surface area (Å²) in [4.78, 5) is 0.808. The van der Waals surface area contributed by atoms with Gasteiger partial charge >= 0.3 is 6.18 Å². The van der Waals surface area contributed by atoms with Gasteiger partial charge in [-0.25, -0.2) is 0 Å².